The molecule has 2 rings (SSSR count). The number of hydrogen-bond donors (Lipinski definition) is 2. The van der Waals surface area contributed by atoms with Crippen LogP contribution in [0.1, 0.15) is 25.9 Å². The molecule has 19 heavy (non-hydrogen) atoms. The number of carbonyl (C=O) groups excluding carboxylic acids is 1. The molecular formula is C13H17N3O2S. The van der Waals surface area contributed by atoms with E-state index < -0.39 is 0 Å². The van der Waals surface area contributed by atoms with Crippen molar-refractivity contribution in [3.05, 3.63) is 45.5 Å². The first-order valence-corrected chi connectivity index (χ1v) is 6.73. The van der Waals surface area contributed by atoms with Crippen LogP contribution in [0.15, 0.2) is 28.9 Å². The third kappa shape index (κ3) is 3.44. The minimum atomic E-state index is -0.243. The molecule has 5 nitrogen and oxygen atoms in total. The van der Waals surface area contributed by atoms with Gasteiger partial charge in [-0.2, -0.15) is 0 Å². The summed E-state index contributed by atoms with van der Waals surface area (Å²) in [5, 5.41) is 0. The second-order valence-corrected chi connectivity index (χ2v) is 5.67. The maximum absolute atomic E-state index is 11.5. The summed E-state index contributed by atoms with van der Waals surface area (Å²) in [6.45, 7) is 3.51. The van der Waals surface area contributed by atoms with Crippen molar-refractivity contribution >= 4 is 17.2 Å². The highest BCUT2D eigenvalue weighted by Gasteiger charge is 2.13. The van der Waals surface area contributed by atoms with E-state index in [2.05, 4.69) is 10.3 Å². The Hall–Kier alpha value is -1.63. The zero-order valence-electron chi connectivity index (χ0n) is 11.0. The van der Waals surface area contributed by atoms with Gasteiger partial charge in [-0.15, -0.1) is 11.3 Å². The average Bonchev–Trinajstić information content (AvgIpc) is 2.99. The zero-order valence-corrected chi connectivity index (χ0v) is 11.8. The lowest BCUT2D eigenvalue weighted by atomic mass is 10.2. The average molecular weight is 279 g/mol. The molecule has 6 heteroatoms. The number of nitrogen functional groups attached to an aromatic ring is 1. The van der Waals surface area contributed by atoms with E-state index in [9.17, 15) is 4.79 Å². The van der Waals surface area contributed by atoms with E-state index in [1.54, 1.807) is 6.26 Å². The molecule has 0 spiro atoms. The number of nitrogens with one attached hydrogen (secondary N) is 1. The van der Waals surface area contributed by atoms with Gasteiger partial charge in [-0.1, -0.05) is 0 Å². The van der Waals surface area contributed by atoms with Gasteiger partial charge in [-0.25, -0.2) is 5.84 Å². The molecular weight excluding hydrogens is 262 g/mol. The Morgan fingerprint density at radius 2 is 2.32 bits per heavy atom. The molecule has 0 bridgehead atoms. The van der Waals surface area contributed by atoms with Gasteiger partial charge in [0.1, 0.15) is 5.76 Å². The number of hydrogen-bond acceptors (Lipinski definition) is 5. The molecule has 1 amide bonds. The third-order valence-corrected chi connectivity index (χ3v) is 3.91. The molecule has 0 unspecified atom stereocenters. The summed E-state index contributed by atoms with van der Waals surface area (Å²) in [5.74, 6) is 5.82. The molecule has 0 atom stereocenters. The fourth-order valence-electron chi connectivity index (χ4n) is 1.88. The number of thiophene rings is 1. The maximum Gasteiger partial charge on any atom is 0.275 e. The topological polar surface area (TPSA) is 71.5 Å². The summed E-state index contributed by atoms with van der Waals surface area (Å²) in [5.41, 5.74) is 3.29. The van der Waals surface area contributed by atoms with Crippen molar-refractivity contribution in [2.45, 2.75) is 20.0 Å². The Labute approximate surface area is 116 Å². The molecule has 3 N–H and O–H groups in total. The van der Waals surface area contributed by atoms with Crippen molar-refractivity contribution < 1.29 is 9.21 Å². The second-order valence-electron chi connectivity index (χ2n) is 4.42. The number of nitrogens with two attached hydrogens (primary N) is 1. The lowest BCUT2D eigenvalue weighted by molar-refractivity contribution is 0.0957. The van der Waals surface area contributed by atoms with Crippen molar-refractivity contribution in [1.82, 2.24) is 10.3 Å². The molecule has 0 aliphatic heterocycles. The first kappa shape index (κ1) is 13.8. The van der Waals surface area contributed by atoms with Crippen LogP contribution in [0, 0.1) is 6.92 Å². The highest BCUT2D eigenvalue weighted by Crippen LogP contribution is 2.23. The predicted octanol–water partition coefficient (Wildman–Crippen LogP) is 1.89. The van der Waals surface area contributed by atoms with Crippen molar-refractivity contribution in [3.8, 4) is 0 Å². The lowest BCUT2D eigenvalue weighted by Gasteiger charge is -2.14. The maximum atomic E-state index is 11.5. The number of amides is 1. The molecule has 0 saturated carbocycles. The summed E-state index contributed by atoms with van der Waals surface area (Å²) in [6, 6.07) is 5.72. The number of aryl methyl sites for hydroxylation is 1. The normalized spacial score (nSPS) is 10.9. The fraction of sp³-hybridized carbons (Fsp3) is 0.308. The Bertz CT molecular complexity index is 548. The van der Waals surface area contributed by atoms with Crippen LogP contribution in [-0.2, 0) is 13.1 Å². The molecule has 2 heterocycles. The van der Waals surface area contributed by atoms with Gasteiger partial charge in [0.2, 0.25) is 0 Å². The highest BCUT2D eigenvalue weighted by atomic mass is 32.1. The van der Waals surface area contributed by atoms with Crippen LogP contribution < -0.4 is 11.3 Å². The molecule has 0 saturated heterocycles. The van der Waals surface area contributed by atoms with Crippen LogP contribution in [0.3, 0.4) is 0 Å². The van der Waals surface area contributed by atoms with Crippen LogP contribution >= 0.6 is 11.3 Å². The molecule has 0 fully saturated rings. The quantitative estimate of drug-likeness (QED) is 0.498. The van der Waals surface area contributed by atoms with Gasteiger partial charge in [0.05, 0.1) is 17.7 Å². The molecule has 0 aromatic carbocycles. The van der Waals surface area contributed by atoms with Gasteiger partial charge in [0, 0.05) is 11.4 Å². The molecule has 0 aliphatic rings. The Morgan fingerprint density at radius 1 is 1.53 bits per heavy atom. The lowest BCUT2D eigenvalue weighted by Crippen LogP contribution is -2.29. The summed E-state index contributed by atoms with van der Waals surface area (Å²) in [4.78, 5) is 15.4. The van der Waals surface area contributed by atoms with E-state index in [-0.39, 0.29) is 5.91 Å². The number of hydrazine groups is 1. The van der Waals surface area contributed by atoms with Gasteiger partial charge < -0.3 is 4.42 Å². The van der Waals surface area contributed by atoms with E-state index in [4.69, 9.17) is 10.3 Å². The molecule has 0 aliphatic carbocycles. The number of rotatable bonds is 5. The minimum absolute atomic E-state index is 0.243. The van der Waals surface area contributed by atoms with Crippen molar-refractivity contribution in [2.24, 2.45) is 5.84 Å². The Kier molecular flexibility index (Phi) is 4.36. The first-order chi connectivity index (χ1) is 9.10. The van der Waals surface area contributed by atoms with E-state index in [0.29, 0.717) is 4.88 Å². The van der Waals surface area contributed by atoms with Crippen LogP contribution in [-0.4, -0.2) is 17.9 Å². The number of carbonyl (C=O) groups is 1. The minimum Gasteiger partial charge on any atom is -0.468 e. The van der Waals surface area contributed by atoms with E-state index in [1.165, 1.54) is 11.3 Å². The fourth-order valence-corrected chi connectivity index (χ4v) is 2.81. The van der Waals surface area contributed by atoms with Crippen LogP contribution in [0.25, 0.3) is 0 Å². The number of furan rings is 1. The molecule has 2 aromatic heterocycles. The monoisotopic (exact) mass is 279 g/mol. The van der Waals surface area contributed by atoms with Crippen LogP contribution in [0.4, 0.5) is 0 Å². The number of nitrogens with zero attached hydrogens (tertiary/aromatic N) is 1. The smallest absolute Gasteiger partial charge is 0.275 e. The van der Waals surface area contributed by atoms with Gasteiger partial charge in [-0.05, 0) is 37.7 Å². The SMILES string of the molecule is Cc1sc(C(=O)NN)cc1CN(C)Cc1ccco1. The summed E-state index contributed by atoms with van der Waals surface area (Å²) >= 11 is 1.45. The zero-order chi connectivity index (χ0) is 13.8. The Morgan fingerprint density at radius 3 is 2.95 bits per heavy atom. The second kappa shape index (κ2) is 6.01. The molecule has 102 valence electrons. The predicted molar refractivity (Wildman–Crippen MR) is 74.6 cm³/mol. The molecule has 0 radical (unpaired) electrons. The van der Waals surface area contributed by atoms with Crippen molar-refractivity contribution in [3.63, 3.8) is 0 Å². The molecule has 2 aromatic rings. The third-order valence-electron chi connectivity index (χ3n) is 2.82. The van der Waals surface area contributed by atoms with E-state index >= 15 is 0 Å². The largest absolute Gasteiger partial charge is 0.468 e. The summed E-state index contributed by atoms with van der Waals surface area (Å²) < 4.78 is 5.31. The van der Waals surface area contributed by atoms with E-state index in [1.807, 2.05) is 32.2 Å². The van der Waals surface area contributed by atoms with Gasteiger partial charge in [0.15, 0.2) is 0 Å². The standard InChI is InChI=1S/C13H17N3O2S/c1-9-10(6-12(19-9)13(17)15-14)7-16(2)8-11-4-3-5-18-11/h3-6H,7-8,14H2,1-2H3,(H,15,17). The van der Waals surface area contributed by atoms with Crippen LogP contribution in [0.5, 0.6) is 0 Å². The van der Waals surface area contributed by atoms with Gasteiger partial charge >= 0.3 is 0 Å². The van der Waals surface area contributed by atoms with Crippen molar-refractivity contribution in [1.29, 1.82) is 0 Å². The van der Waals surface area contributed by atoms with Crippen LogP contribution in [0.2, 0.25) is 0 Å². The summed E-state index contributed by atoms with van der Waals surface area (Å²) in [6.07, 6.45) is 1.67. The van der Waals surface area contributed by atoms with Gasteiger partial charge in [0.25, 0.3) is 5.91 Å². The first-order valence-electron chi connectivity index (χ1n) is 5.91. The summed E-state index contributed by atoms with van der Waals surface area (Å²) in [7, 11) is 2.02. The van der Waals surface area contributed by atoms with E-state index in [0.717, 1.165) is 29.3 Å². The highest BCUT2D eigenvalue weighted by molar-refractivity contribution is 7.14. The van der Waals surface area contributed by atoms with Crippen molar-refractivity contribution in [2.75, 3.05) is 7.05 Å². The Balaban J connectivity index is 2.02. The van der Waals surface area contributed by atoms with Gasteiger partial charge in [-0.3, -0.25) is 15.1 Å².